The van der Waals surface area contributed by atoms with Crippen molar-refractivity contribution in [2.24, 2.45) is 0 Å². The van der Waals surface area contributed by atoms with Crippen LogP contribution in [-0.2, 0) is 0 Å². The lowest BCUT2D eigenvalue weighted by atomic mass is 10.2. The van der Waals surface area contributed by atoms with Crippen LogP contribution in [0.1, 0.15) is 27.7 Å². The van der Waals surface area contributed by atoms with Crippen LogP contribution in [0.25, 0.3) is 10.6 Å². The quantitative estimate of drug-likeness (QED) is 0.682. The fourth-order valence-electron chi connectivity index (χ4n) is 1.13. The molecule has 0 amide bonds. The molecule has 2 heteroatoms. The third kappa shape index (κ3) is 3.58. The lowest BCUT2D eigenvalue weighted by molar-refractivity contribution is 1.45. The first-order chi connectivity index (χ1) is 6.66. The van der Waals surface area contributed by atoms with Gasteiger partial charge < -0.3 is 0 Å². The molecular weight excluding hydrogens is 304 g/mol. The molecule has 0 N–H and O–H groups in total. The lowest BCUT2D eigenvalue weighted by Crippen LogP contribution is -2.25. The summed E-state index contributed by atoms with van der Waals surface area (Å²) in [6.07, 6.45) is 2.10. The van der Waals surface area contributed by atoms with Crippen molar-refractivity contribution in [2.45, 2.75) is 27.7 Å². The number of hydrogen-bond donors (Lipinski definition) is 0. The Morgan fingerprint density at radius 2 is 1.86 bits per heavy atom. The fourth-order valence-corrected chi connectivity index (χ4v) is 2.07. The first-order valence-electron chi connectivity index (χ1n) is 4.74. The Morgan fingerprint density at radius 1 is 1.29 bits per heavy atom. The predicted molar refractivity (Wildman–Crippen MR) is 72.9 cm³/mol. The molecule has 1 rings (SSSR count). The number of hydrogen-bond acceptors (Lipinski definition) is 0. The van der Waals surface area contributed by atoms with Gasteiger partial charge in [-0.1, -0.05) is 63.9 Å². The van der Waals surface area contributed by atoms with E-state index in [2.05, 4.69) is 57.0 Å². The highest BCUT2D eigenvalue weighted by Crippen LogP contribution is 2.02. The van der Waals surface area contributed by atoms with E-state index >= 15 is 0 Å². The molecule has 0 saturated carbocycles. The van der Waals surface area contributed by atoms with Crippen molar-refractivity contribution in [1.29, 1.82) is 0 Å². The second-order valence-electron chi connectivity index (χ2n) is 2.52. The fraction of sp³-hybridized carbons (Fsp3) is 0.333. The molecular formula is C12H16Br2. The third-order valence-corrected chi connectivity index (χ3v) is 2.83. The average molecular weight is 320 g/mol. The summed E-state index contributed by atoms with van der Waals surface area (Å²) in [6, 6.07) is 6.19. The third-order valence-electron chi connectivity index (χ3n) is 1.71. The minimum atomic E-state index is 1.14. The number of halogens is 2. The van der Waals surface area contributed by atoms with Crippen LogP contribution in [0.2, 0.25) is 0 Å². The maximum atomic E-state index is 3.51. The Kier molecular flexibility index (Phi) is 7.20. The zero-order valence-electron chi connectivity index (χ0n) is 9.07. The first-order valence-corrected chi connectivity index (χ1v) is 6.32. The van der Waals surface area contributed by atoms with Gasteiger partial charge in [0.25, 0.3) is 0 Å². The Hall–Kier alpha value is -0.0800. The SMILES string of the molecule is C/C=c1/c(Br)ccc/c1=C(/C)Br.CC. The molecule has 0 aromatic heterocycles. The highest BCUT2D eigenvalue weighted by atomic mass is 79.9. The molecule has 14 heavy (non-hydrogen) atoms. The monoisotopic (exact) mass is 318 g/mol. The molecule has 1 aromatic rings. The molecule has 78 valence electrons. The van der Waals surface area contributed by atoms with Gasteiger partial charge in [-0.25, -0.2) is 0 Å². The van der Waals surface area contributed by atoms with E-state index in [1.807, 2.05) is 26.8 Å². The van der Waals surface area contributed by atoms with Crippen molar-refractivity contribution < 1.29 is 0 Å². The summed E-state index contributed by atoms with van der Waals surface area (Å²) < 4.78 is 2.30. The van der Waals surface area contributed by atoms with E-state index in [9.17, 15) is 0 Å². The zero-order chi connectivity index (χ0) is 11.1. The maximum absolute atomic E-state index is 3.51. The van der Waals surface area contributed by atoms with Crippen LogP contribution in [0, 0.1) is 0 Å². The number of rotatable bonds is 0. The van der Waals surface area contributed by atoms with Gasteiger partial charge in [0, 0.05) is 4.47 Å². The minimum absolute atomic E-state index is 1.14. The van der Waals surface area contributed by atoms with Gasteiger partial charge in [-0.05, 0) is 34.8 Å². The van der Waals surface area contributed by atoms with E-state index in [0.717, 1.165) is 8.96 Å². The van der Waals surface area contributed by atoms with Crippen molar-refractivity contribution in [2.75, 3.05) is 0 Å². The van der Waals surface area contributed by atoms with Crippen LogP contribution in [0.3, 0.4) is 0 Å². The number of benzene rings is 1. The first kappa shape index (κ1) is 13.9. The van der Waals surface area contributed by atoms with E-state index in [4.69, 9.17) is 0 Å². The summed E-state index contributed by atoms with van der Waals surface area (Å²) in [5.41, 5.74) is 0. The molecule has 0 aliphatic rings. The van der Waals surface area contributed by atoms with Crippen molar-refractivity contribution in [3.05, 3.63) is 33.1 Å². The van der Waals surface area contributed by atoms with Gasteiger partial charge >= 0.3 is 0 Å². The van der Waals surface area contributed by atoms with E-state index < -0.39 is 0 Å². The Labute approximate surface area is 103 Å². The van der Waals surface area contributed by atoms with E-state index in [1.165, 1.54) is 10.4 Å². The molecule has 0 saturated heterocycles. The molecule has 0 bridgehead atoms. The van der Waals surface area contributed by atoms with Gasteiger partial charge in [0.15, 0.2) is 0 Å². The van der Waals surface area contributed by atoms with Crippen LogP contribution in [0.4, 0.5) is 0 Å². The Balaban J connectivity index is 0.000000791. The predicted octanol–water partition coefficient (Wildman–Crippen LogP) is 3.80. The van der Waals surface area contributed by atoms with Crippen LogP contribution in [0.5, 0.6) is 0 Å². The molecule has 0 nitrogen and oxygen atoms in total. The van der Waals surface area contributed by atoms with Crippen molar-refractivity contribution in [3.8, 4) is 0 Å². The molecule has 0 atom stereocenters. The normalized spacial score (nSPS) is 13.1. The lowest BCUT2D eigenvalue weighted by Gasteiger charge is -1.95. The molecule has 0 heterocycles. The van der Waals surface area contributed by atoms with Gasteiger partial charge in [-0.2, -0.15) is 0 Å². The van der Waals surface area contributed by atoms with Crippen molar-refractivity contribution in [3.63, 3.8) is 0 Å². The summed E-state index contributed by atoms with van der Waals surface area (Å²) in [7, 11) is 0. The second-order valence-corrected chi connectivity index (χ2v) is 4.57. The van der Waals surface area contributed by atoms with Crippen molar-refractivity contribution >= 4 is 42.4 Å². The van der Waals surface area contributed by atoms with Crippen LogP contribution >= 0.6 is 31.9 Å². The topological polar surface area (TPSA) is 0 Å². The van der Waals surface area contributed by atoms with Crippen molar-refractivity contribution in [1.82, 2.24) is 0 Å². The molecule has 0 aliphatic heterocycles. The maximum Gasteiger partial charge on any atom is 0.0250 e. The van der Waals surface area contributed by atoms with Crippen LogP contribution in [-0.4, -0.2) is 0 Å². The smallest absolute Gasteiger partial charge is 0.0250 e. The van der Waals surface area contributed by atoms with Gasteiger partial charge in [0.2, 0.25) is 0 Å². The van der Waals surface area contributed by atoms with Crippen LogP contribution in [0.15, 0.2) is 22.7 Å². The summed E-state index contributed by atoms with van der Waals surface area (Å²) in [5.74, 6) is 0. The Morgan fingerprint density at radius 3 is 2.21 bits per heavy atom. The second kappa shape index (κ2) is 7.24. The van der Waals surface area contributed by atoms with E-state index in [0.29, 0.717) is 0 Å². The molecule has 0 fully saturated rings. The van der Waals surface area contributed by atoms with Gasteiger partial charge in [0.1, 0.15) is 0 Å². The Bertz CT molecular complexity index is 387. The minimum Gasteiger partial charge on any atom is -0.0786 e. The molecule has 1 aromatic carbocycles. The highest BCUT2D eigenvalue weighted by Gasteiger charge is 1.92. The van der Waals surface area contributed by atoms with Crippen LogP contribution < -0.4 is 10.4 Å². The van der Waals surface area contributed by atoms with Gasteiger partial charge in [-0.3, -0.25) is 0 Å². The largest absolute Gasteiger partial charge is 0.0786 e. The molecule has 0 unspecified atom stereocenters. The highest BCUT2D eigenvalue weighted by molar-refractivity contribution is 9.14. The standard InChI is InChI=1S/C10H10Br2.C2H6/c1-3-8-9(7(2)11)5-4-6-10(8)12;1-2/h3-6H,1-2H3;1-2H3/b8-3+,9-7+;. The summed E-state index contributed by atoms with van der Waals surface area (Å²) >= 11 is 6.99. The molecule has 0 spiro atoms. The summed E-state index contributed by atoms with van der Waals surface area (Å²) in [5, 5.41) is 2.48. The molecule has 0 radical (unpaired) electrons. The van der Waals surface area contributed by atoms with Gasteiger partial charge in [0.05, 0.1) is 0 Å². The summed E-state index contributed by atoms with van der Waals surface area (Å²) in [4.78, 5) is 0. The van der Waals surface area contributed by atoms with E-state index in [1.54, 1.807) is 0 Å². The zero-order valence-corrected chi connectivity index (χ0v) is 12.2. The summed E-state index contributed by atoms with van der Waals surface area (Å²) in [6.45, 7) is 8.09. The average Bonchev–Trinajstić information content (AvgIpc) is 2.20. The molecule has 0 aliphatic carbocycles. The van der Waals surface area contributed by atoms with Gasteiger partial charge in [-0.15, -0.1) is 0 Å². The van der Waals surface area contributed by atoms with E-state index in [-0.39, 0.29) is 0 Å².